The van der Waals surface area contributed by atoms with Crippen LogP contribution in [0.15, 0.2) is 0 Å². The van der Waals surface area contributed by atoms with Gasteiger partial charge in [-0.25, -0.2) is 0 Å². The van der Waals surface area contributed by atoms with E-state index in [9.17, 15) is 4.79 Å². The van der Waals surface area contributed by atoms with E-state index in [2.05, 4.69) is 30.6 Å². The summed E-state index contributed by atoms with van der Waals surface area (Å²) in [5, 5.41) is 0. The molecular formula is C18H36N2O2. The highest BCUT2D eigenvalue weighted by Crippen LogP contribution is 2.24. The van der Waals surface area contributed by atoms with Crippen LogP contribution >= 0.6 is 0 Å². The third kappa shape index (κ3) is 7.10. The first-order chi connectivity index (χ1) is 10.4. The fourth-order valence-corrected chi connectivity index (χ4v) is 3.08. The van der Waals surface area contributed by atoms with Gasteiger partial charge in [-0.2, -0.15) is 0 Å². The number of piperidine rings is 1. The van der Waals surface area contributed by atoms with Crippen LogP contribution in [0.3, 0.4) is 0 Å². The fourth-order valence-electron chi connectivity index (χ4n) is 3.08. The first-order valence-corrected chi connectivity index (χ1v) is 9.02. The molecule has 2 saturated heterocycles. The third-order valence-corrected chi connectivity index (χ3v) is 4.27. The molecule has 0 atom stereocenters. The standard InChI is InChI=1S/C16H30N2O2.C2H6/c1-16(2,3)12-15(19)18-6-4-14(5-7-18)13-17-8-10-20-11-9-17;1-2/h14H,4-13H2,1-3H3;1-2H3. The zero-order valence-electron chi connectivity index (χ0n) is 15.4. The topological polar surface area (TPSA) is 32.8 Å². The summed E-state index contributed by atoms with van der Waals surface area (Å²) in [5.74, 6) is 1.09. The van der Waals surface area contributed by atoms with Crippen molar-refractivity contribution in [2.45, 2.75) is 53.9 Å². The van der Waals surface area contributed by atoms with E-state index < -0.39 is 0 Å². The van der Waals surface area contributed by atoms with Gasteiger partial charge in [0.15, 0.2) is 0 Å². The van der Waals surface area contributed by atoms with Crippen molar-refractivity contribution in [2.75, 3.05) is 45.9 Å². The molecule has 130 valence electrons. The van der Waals surface area contributed by atoms with Crippen LogP contribution in [0.5, 0.6) is 0 Å². The first-order valence-electron chi connectivity index (χ1n) is 9.02. The first kappa shape index (κ1) is 19.4. The lowest BCUT2D eigenvalue weighted by atomic mass is 9.90. The molecule has 0 aromatic rings. The van der Waals surface area contributed by atoms with E-state index in [4.69, 9.17) is 4.74 Å². The number of hydrogen-bond acceptors (Lipinski definition) is 3. The predicted octanol–water partition coefficient (Wildman–Crippen LogP) is 3.02. The average Bonchev–Trinajstić information content (AvgIpc) is 2.49. The summed E-state index contributed by atoms with van der Waals surface area (Å²) in [5.41, 5.74) is 0.0989. The summed E-state index contributed by atoms with van der Waals surface area (Å²) in [7, 11) is 0. The van der Waals surface area contributed by atoms with Crippen molar-refractivity contribution in [2.24, 2.45) is 11.3 Å². The van der Waals surface area contributed by atoms with E-state index in [0.717, 1.165) is 58.2 Å². The molecule has 22 heavy (non-hydrogen) atoms. The van der Waals surface area contributed by atoms with Gasteiger partial charge in [0.25, 0.3) is 0 Å². The minimum atomic E-state index is 0.0989. The highest BCUT2D eigenvalue weighted by Gasteiger charge is 2.27. The van der Waals surface area contributed by atoms with Crippen LogP contribution in [0.4, 0.5) is 0 Å². The smallest absolute Gasteiger partial charge is 0.223 e. The molecule has 0 aromatic carbocycles. The molecule has 0 unspecified atom stereocenters. The van der Waals surface area contributed by atoms with Crippen molar-refractivity contribution in [1.82, 2.24) is 9.80 Å². The van der Waals surface area contributed by atoms with Crippen molar-refractivity contribution in [3.63, 3.8) is 0 Å². The highest BCUT2D eigenvalue weighted by atomic mass is 16.5. The molecule has 4 heteroatoms. The highest BCUT2D eigenvalue weighted by molar-refractivity contribution is 5.76. The van der Waals surface area contributed by atoms with Crippen LogP contribution in [-0.2, 0) is 9.53 Å². The van der Waals surface area contributed by atoms with Gasteiger partial charge in [-0.15, -0.1) is 0 Å². The van der Waals surface area contributed by atoms with Crippen LogP contribution in [0.2, 0.25) is 0 Å². The minimum absolute atomic E-state index is 0.0989. The molecule has 0 aromatic heterocycles. The van der Waals surface area contributed by atoms with Gasteiger partial charge in [-0.05, 0) is 24.2 Å². The van der Waals surface area contributed by atoms with E-state index in [1.807, 2.05) is 13.8 Å². The van der Waals surface area contributed by atoms with Crippen molar-refractivity contribution in [3.05, 3.63) is 0 Å². The van der Waals surface area contributed by atoms with Crippen molar-refractivity contribution < 1.29 is 9.53 Å². The summed E-state index contributed by atoms with van der Waals surface area (Å²) in [6, 6.07) is 0. The second kappa shape index (κ2) is 9.51. The lowest BCUT2D eigenvalue weighted by Gasteiger charge is -2.36. The summed E-state index contributed by atoms with van der Waals surface area (Å²) >= 11 is 0. The molecule has 4 nitrogen and oxygen atoms in total. The molecule has 2 aliphatic heterocycles. The van der Waals surface area contributed by atoms with Gasteiger partial charge >= 0.3 is 0 Å². The molecular weight excluding hydrogens is 276 g/mol. The minimum Gasteiger partial charge on any atom is -0.379 e. The van der Waals surface area contributed by atoms with Gasteiger partial charge in [0, 0.05) is 39.1 Å². The van der Waals surface area contributed by atoms with E-state index >= 15 is 0 Å². The zero-order valence-corrected chi connectivity index (χ0v) is 15.4. The molecule has 2 fully saturated rings. The van der Waals surface area contributed by atoms with Crippen LogP contribution in [0.25, 0.3) is 0 Å². The Hall–Kier alpha value is -0.610. The fraction of sp³-hybridized carbons (Fsp3) is 0.944. The summed E-state index contributed by atoms with van der Waals surface area (Å²) in [6.45, 7) is 17.4. The Morgan fingerprint density at radius 1 is 1.05 bits per heavy atom. The number of rotatable bonds is 3. The van der Waals surface area contributed by atoms with E-state index in [1.54, 1.807) is 0 Å². The number of carbonyl (C=O) groups excluding carboxylic acids is 1. The molecule has 0 spiro atoms. The molecule has 0 aliphatic carbocycles. The van der Waals surface area contributed by atoms with Gasteiger partial charge in [-0.1, -0.05) is 34.6 Å². The molecule has 0 N–H and O–H groups in total. The second-order valence-electron chi connectivity index (χ2n) is 7.47. The third-order valence-electron chi connectivity index (χ3n) is 4.27. The van der Waals surface area contributed by atoms with E-state index in [-0.39, 0.29) is 5.41 Å². The average molecular weight is 312 g/mol. The number of morpholine rings is 1. The maximum absolute atomic E-state index is 12.2. The predicted molar refractivity (Wildman–Crippen MR) is 92.0 cm³/mol. The summed E-state index contributed by atoms with van der Waals surface area (Å²) in [4.78, 5) is 16.8. The summed E-state index contributed by atoms with van der Waals surface area (Å²) in [6.07, 6.45) is 2.99. The number of likely N-dealkylation sites (tertiary alicyclic amines) is 1. The van der Waals surface area contributed by atoms with Crippen molar-refractivity contribution >= 4 is 5.91 Å². The number of ether oxygens (including phenoxy) is 1. The Morgan fingerprint density at radius 2 is 1.59 bits per heavy atom. The van der Waals surface area contributed by atoms with E-state index in [0.29, 0.717) is 12.3 Å². The van der Waals surface area contributed by atoms with Crippen molar-refractivity contribution in [3.8, 4) is 0 Å². The maximum Gasteiger partial charge on any atom is 0.223 e. The largest absolute Gasteiger partial charge is 0.379 e. The molecule has 2 heterocycles. The van der Waals surface area contributed by atoms with Crippen LogP contribution in [0, 0.1) is 11.3 Å². The molecule has 1 amide bonds. The van der Waals surface area contributed by atoms with Crippen LogP contribution in [-0.4, -0.2) is 61.6 Å². The molecule has 2 aliphatic rings. The number of nitrogens with zero attached hydrogens (tertiary/aromatic N) is 2. The van der Waals surface area contributed by atoms with Gasteiger partial charge < -0.3 is 9.64 Å². The van der Waals surface area contributed by atoms with Gasteiger partial charge in [-0.3, -0.25) is 9.69 Å². The Labute approximate surface area is 137 Å². The quantitative estimate of drug-likeness (QED) is 0.803. The number of carbonyl (C=O) groups is 1. The van der Waals surface area contributed by atoms with Crippen LogP contribution < -0.4 is 0 Å². The number of amides is 1. The second-order valence-corrected chi connectivity index (χ2v) is 7.47. The van der Waals surface area contributed by atoms with Crippen LogP contribution in [0.1, 0.15) is 53.9 Å². The molecule has 0 radical (unpaired) electrons. The van der Waals surface area contributed by atoms with Gasteiger partial charge in [0.1, 0.15) is 0 Å². The van der Waals surface area contributed by atoms with E-state index in [1.165, 1.54) is 6.54 Å². The Bertz CT molecular complexity index is 312. The van der Waals surface area contributed by atoms with Gasteiger partial charge in [0.05, 0.1) is 13.2 Å². The zero-order chi connectivity index (χ0) is 16.6. The molecule has 0 saturated carbocycles. The van der Waals surface area contributed by atoms with Gasteiger partial charge in [0.2, 0.25) is 5.91 Å². The Morgan fingerprint density at radius 3 is 2.09 bits per heavy atom. The Balaban J connectivity index is 0.00000116. The lowest BCUT2D eigenvalue weighted by Crippen LogP contribution is -2.44. The number of hydrogen-bond donors (Lipinski definition) is 0. The van der Waals surface area contributed by atoms with Crippen molar-refractivity contribution in [1.29, 1.82) is 0 Å². The lowest BCUT2D eigenvalue weighted by molar-refractivity contribution is -0.134. The molecule has 2 rings (SSSR count). The SMILES string of the molecule is CC.CC(C)(C)CC(=O)N1CCC(CN2CCOCC2)CC1. The monoisotopic (exact) mass is 312 g/mol. The maximum atomic E-state index is 12.2. The normalized spacial score (nSPS) is 21.2. The Kier molecular flexibility index (Phi) is 8.40. The molecule has 0 bridgehead atoms. The summed E-state index contributed by atoms with van der Waals surface area (Å²) < 4.78 is 5.39.